The van der Waals surface area contributed by atoms with Crippen LogP contribution in [0.3, 0.4) is 0 Å². The van der Waals surface area contributed by atoms with Gasteiger partial charge < -0.3 is 4.55 Å². The third-order valence-corrected chi connectivity index (χ3v) is 4.02. The third-order valence-electron chi connectivity index (χ3n) is 3.38. The molecule has 2 aliphatic heterocycles. The number of hydrogen-bond donors (Lipinski definition) is 0. The number of nitrogens with zero attached hydrogens (tertiary/aromatic N) is 3. The van der Waals surface area contributed by atoms with Gasteiger partial charge in [-0.1, -0.05) is 19.8 Å². The van der Waals surface area contributed by atoms with Crippen molar-refractivity contribution < 1.29 is 13.6 Å². The van der Waals surface area contributed by atoms with Crippen LogP contribution in [0.15, 0.2) is 28.1 Å². The van der Waals surface area contributed by atoms with Crippen molar-refractivity contribution in [1.29, 1.82) is 0 Å². The first kappa shape index (κ1) is 16.2. The van der Waals surface area contributed by atoms with Gasteiger partial charge in [0.15, 0.2) is 0 Å². The summed E-state index contributed by atoms with van der Waals surface area (Å²) in [6, 6.07) is 4.14. The molecule has 6 nitrogen and oxygen atoms in total. The Kier molecular flexibility index (Phi) is 4.64. The third kappa shape index (κ3) is 2.40. The van der Waals surface area contributed by atoms with E-state index in [4.69, 9.17) is 6.42 Å². The minimum Gasteiger partial charge on any atom is -0.768 e. The summed E-state index contributed by atoms with van der Waals surface area (Å²) >= 11 is -2.38. The first-order chi connectivity index (χ1) is 10.5. The molecule has 0 N–H and O–H groups in total. The van der Waals surface area contributed by atoms with E-state index < -0.39 is 11.1 Å². The molecule has 2 heterocycles. The van der Waals surface area contributed by atoms with Crippen LogP contribution in [0.25, 0.3) is 0 Å². The van der Waals surface area contributed by atoms with E-state index >= 15 is 0 Å². The Morgan fingerprint density at radius 3 is 2.73 bits per heavy atom. The number of fused-ring (bicyclic) bond motifs is 3. The van der Waals surface area contributed by atoms with Crippen LogP contribution in [0.1, 0.15) is 24.2 Å². The number of terminal acetylenes is 1. The Balaban J connectivity index is 0.000000847. The highest BCUT2D eigenvalue weighted by molar-refractivity contribution is 7.79. The molecular weight excluding hydrogens is 302 g/mol. The molecule has 0 spiro atoms. The molecule has 0 saturated heterocycles. The van der Waals surface area contributed by atoms with Gasteiger partial charge in [-0.05, 0) is 29.3 Å². The zero-order valence-electron chi connectivity index (χ0n) is 12.6. The average molecular weight is 318 g/mol. The highest BCUT2D eigenvalue weighted by atomic mass is 32.2. The standard InChI is InChI=1S/C13H11N3O3S.C2H6/c1-3-8-7-14-13-15(2)12(17)10-6-9(20(18)19)4-5-11(10)16(8)13;1-2/h1,4-6,8H,7H2,2H3,(H,18,19);1-2H3/p-1/t8-;/m1./s1. The highest BCUT2D eigenvalue weighted by Gasteiger charge is 2.39. The summed E-state index contributed by atoms with van der Waals surface area (Å²) in [5.74, 6) is 2.84. The van der Waals surface area contributed by atoms with E-state index in [9.17, 15) is 13.6 Å². The number of carbonyl (C=O) groups is 1. The van der Waals surface area contributed by atoms with Crippen LogP contribution in [-0.4, -0.2) is 45.2 Å². The molecule has 0 fully saturated rings. The molecule has 1 aromatic rings. The van der Waals surface area contributed by atoms with Crippen LogP contribution >= 0.6 is 0 Å². The minimum atomic E-state index is -2.38. The molecule has 0 bridgehead atoms. The zero-order valence-corrected chi connectivity index (χ0v) is 13.4. The Labute approximate surface area is 132 Å². The summed E-state index contributed by atoms with van der Waals surface area (Å²) in [5, 5.41) is 0. The van der Waals surface area contributed by atoms with E-state index in [1.165, 1.54) is 17.0 Å². The number of hydrogen-bond acceptors (Lipinski definition) is 5. The fraction of sp³-hybridized carbons (Fsp3) is 0.333. The van der Waals surface area contributed by atoms with Crippen LogP contribution in [0.2, 0.25) is 0 Å². The zero-order chi connectivity index (χ0) is 16.4. The second-order valence-corrected chi connectivity index (χ2v) is 5.41. The van der Waals surface area contributed by atoms with E-state index in [0.717, 1.165) is 0 Å². The lowest BCUT2D eigenvalue weighted by molar-refractivity contribution is 0.0865. The molecule has 0 aromatic heterocycles. The maximum atomic E-state index is 12.3. The predicted octanol–water partition coefficient (Wildman–Crippen LogP) is 1.21. The van der Waals surface area contributed by atoms with Crippen molar-refractivity contribution in [3.63, 3.8) is 0 Å². The first-order valence-corrected chi connectivity index (χ1v) is 7.93. The summed E-state index contributed by atoms with van der Waals surface area (Å²) in [6.07, 6.45) is 5.49. The van der Waals surface area contributed by atoms with Crippen molar-refractivity contribution in [2.75, 3.05) is 18.5 Å². The number of aliphatic imine (C=N–C) groups is 1. The SMILES string of the molecule is C#C[C@@H]1CN=C2N(C)C(=O)c3cc(S(=O)[O-])ccc3N21.CC. The maximum absolute atomic E-state index is 12.3. The number of benzene rings is 1. The van der Waals surface area contributed by atoms with Crippen LogP contribution in [0.4, 0.5) is 5.69 Å². The topological polar surface area (TPSA) is 76.0 Å². The smallest absolute Gasteiger partial charge is 0.262 e. The lowest BCUT2D eigenvalue weighted by atomic mass is 10.1. The normalized spacial score (nSPS) is 20.2. The molecule has 0 saturated carbocycles. The number of anilines is 1. The van der Waals surface area contributed by atoms with Gasteiger partial charge in [0.2, 0.25) is 5.96 Å². The molecule has 2 atom stereocenters. The molecule has 1 unspecified atom stereocenters. The molecule has 1 aromatic carbocycles. The number of guanidine groups is 1. The van der Waals surface area contributed by atoms with E-state index in [-0.39, 0.29) is 16.8 Å². The van der Waals surface area contributed by atoms with Crippen molar-refractivity contribution in [2.45, 2.75) is 24.8 Å². The Morgan fingerprint density at radius 2 is 2.14 bits per heavy atom. The van der Waals surface area contributed by atoms with Crippen LogP contribution in [0, 0.1) is 12.3 Å². The second-order valence-electron chi connectivity index (χ2n) is 4.47. The number of amides is 1. The second kappa shape index (κ2) is 6.30. The monoisotopic (exact) mass is 318 g/mol. The van der Waals surface area contributed by atoms with Gasteiger partial charge in [-0.15, -0.1) is 6.42 Å². The van der Waals surface area contributed by atoms with Crippen molar-refractivity contribution >= 4 is 28.6 Å². The highest BCUT2D eigenvalue weighted by Crippen LogP contribution is 2.33. The molecule has 2 aliphatic rings. The largest absolute Gasteiger partial charge is 0.768 e. The summed E-state index contributed by atoms with van der Waals surface area (Å²) in [7, 11) is 1.59. The number of carbonyl (C=O) groups excluding carboxylic acids is 1. The van der Waals surface area contributed by atoms with E-state index in [1.54, 1.807) is 18.0 Å². The van der Waals surface area contributed by atoms with E-state index in [2.05, 4.69) is 10.9 Å². The van der Waals surface area contributed by atoms with Gasteiger partial charge >= 0.3 is 0 Å². The fourth-order valence-corrected chi connectivity index (χ4v) is 2.80. The van der Waals surface area contributed by atoms with E-state index in [1.807, 2.05) is 13.8 Å². The first-order valence-electron chi connectivity index (χ1n) is 6.85. The molecule has 22 heavy (non-hydrogen) atoms. The summed E-state index contributed by atoms with van der Waals surface area (Å²) in [6.45, 7) is 4.41. The van der Waals surface area contributed by atoms with Gasteiger partial charge in [0, 0.05) is 11.9 Å². The summed E-state index contributed by atoms with van der Waals surface area (Å²) in [5.41, 5.74) is 0.914. The van der Waals surface area contributed by atoms with Gasteiger partial charge in [-0.3, -0.25) is 18.8 Å². The van der Waals surface area contributed by atoms with Crippen molar-refractivity contribution in [1.82, 2.24) is 4.90 Å². The molecule has 7 heteroatoms. The fourth-order valence-electron chi connectivity index (χ4n) is 2.41. The average Bonchev–Trinajstić information content (AvgIpc) is 2.98. The van der Waals surface area contributed by atoms with Gasteiger partial charge in [0.05, 0.1) is 17.8 Å². The van der Waals surface area contributed by atoms with Crippen molar-refractivity contribution in [3.8, 4) is 12.3 Å². The van der Waals surface area contributed by atoms with Crippen LogP contribution < -0.4 is 4.90 Å². The summed E-state index contributed by atoms with van der Waals surface area (Å²) in [4.78, 5) is 19.8. The molecule has 1 amide bonds. The lowest BCUT2D eigenvalue weighted by Gasteiger charge is -2.35. The van der Waals surface area contributed by atoms with Crippen molar-refractivity contribution in [2.24, 2.45) is 4.99 Å². The van der Waals surface area contributed by atoms with E-state index in [0.29, 0.717) is 23.8 Å². The van der Waals surface area contributed by atoms with Gasteiger partial charge in [0.25, 0.3) is 5.91 Å². The number of rotatable bonds is 1. The molecule has 116 valence electrons. The minimum absolute atomic E-state index is 0.0716. The van der Waals surface area contributed by atoms with Gasteiger partial charge in [-0.2, -0.15) is 0 Å². The molecular formula is C15H16N3O3S-. The Bertz CT molecular complexity index is 708. The van der Waals surface area contributed by atoms with Gasteiger partial charge in [0.1, 0.15) is 6.04 Å². The Hall–Kier alpha value is -2.17. The molecule has 0 radical (unpaired) electrons. The Morgan fingerprint density at radius 1 is 1.45 bits per heavy atom. The van der Waals surface area contributed by atoms with Crippen molar-refractivity contribution in [3.05, 3.63) is 23.8 Å². The predicted molar refractivity (Wildman–Crippen MR) is 84.5 cm³/mol. The van der Waals surface area contributed by atoms with Crippen LogP contribution in [-0.2, 0) is 11.1 Å². The maximum Gasteiger partial charge on any atom is 0.262 e. The molecule has 0 aliphatic carbocycles. The van der Waals surface area contributed by atoms with Gasteiger partial charge in [-0.25, -0.2) is 4.99 Å². The summed E-state index contributed by atoms with van der Waals surface area (Å²) < 4.78 is 22.1. The van der Waals surface area contributed by atoms with Crippen LogP contribution in [0.5, 0.6) is 0 Å². The quantitative estimate of drug-likeness (QED) is 0.576. The lowest BCUT2D eigenvalue weighted by Crippen LogP contribution is -2.50. The molecule has 3 rings (SSSR count).